The molecule has 2 rings (SSSR count). The minimum atomic E-state index is 0.895. The molecule has 0 aromatic heterocycles. The molecule has 2 heterocycles. The second kappa shape index (κ2) is 2.38. The van der Waals surface area contributed by atoms with Crippen molar-refractivity contribution in [3.8, 4) is 0 Å². The number of alkyl halides is 1. The van der Waals surface area contributed by atoms with E-state index in [1.165, 1.54) is 23.7 Å². The molecule has 3 atom stereocenters. The molecule has 2 saturated heterocycles. The lowest BCUT2D eigenvalue weighted by atomic mass is 9.91. The van der Waals surface area contributed by atoms with Crippen LogP contribution < -0.4 is 5.32 Å². The van der Waals surface area contributed by atoms with Crippen LogP contribution in [0.3, 0.4) is 0 Å². The van der Waals surface area contributed by atoms with Crippen LogP contribution in [0.15, 0.2) is 0 Å². The molecule has 52 valence electrons. The first-order chi connectivity index (χ1) is 4.40. The minimum absolute atomic E-state index is 0.895. The zero-order chi connectivity index (χ0) is 6.27. The molecule has 0 spiro atoms. The third kappa shape index (κ3) is 1.00. The molecule has 9 heavy (non-hydrogen) atoms. The third-order valence-corrected chi connectivity index (χ3v) is 3.76. The van der Waals surface area contributed by atoms with Crippen molar-refractivity contribution >= 4 is 22.6 Å². The molecule has 0 saturated carbocycles. The van der Waals surface area contributed by atoms with Gasteiger partial charge < -0.3 is 5.32 Å². The normalized spacial score (nSPS) is 48.3. The van der Waals surface area contributed by atoms with Gasteiger partial charge >= 0.3 is 0 Å². The molecule has 0 unspecified atom stereocenters. The summed E-state index contributed by atoms with van der Waals surface area (Å²) < 4.78 is 1.35. The van der Waals surface area contributed by atoms with E-state index in [4.69, 9.17) is 0 Å². The van der Waals surface area contributed by atoms with E-state index in [1.54, 1.807) is 0 Å². The summed E-state index contributed by atoms with van der Waals surface area (Å²) in [4.78, 5) is 0. The Bertz CT molecular complexity index is 115. The Labute approximate surface area is 69.7 Å². The average molecular weight is 237 g/mol. The lowest BCUT2D eigenvalue weighted by molar-refractivity contribution is 0.451. The van der Waals surface area contributed by atoms with Gasteiger partial charge in [-0.1, -0.05) is 22.6 Å². The van der Waals surface area contributed by atoms with Crippen LogP contribution in [-0.2, 0) is 0 Å². The molecule has 2 heteroatoms. The summed E-state index contributed by atoms with van der Waals surface area (Å²) in [6, 6.07) is 1.79. The number of fused-ring (bicyclic) bond motifs is 2. The number of nitrogens with one attached hydrogen (secondary N) is 1. The molecule has 0 aliphatic carbocycles. The second-order valence-electron chi connectivity index (χ2n) is 3.20. The molecular weight excluding hydrogens is 225 g/mol. The smallest absolute Gasteiger partial charge is 0.0106 e. The molecule has 1 nitrogen and oxygen atoms in total. The van der Waals surface area contributed by atoms with Crippen molar-refractivity contribution in [2.75, 3.05) is 4.43 Å². The number of hydrogen-bond acceptors (Lipinski definition) is 1. The summed E-state index contributed by atoms with van der Waals surface area (Å²) in [5, 5.41) is 3.62. The van der Waals surface area contributed by atoms with Crippen molar-refractivity contribution in [3.05, 3.63) is 0 Å². The van der Waals surface area contributed by atoms with Gasteiger partial charge in [-0.3, -0.25) is 0 Å². The van der Waals surface area contributed by atoms with Gasteiger partial charge in [0.1, 0.15) is 0 Å². The lowest BCUT2D eigenvalue weighted by Crippen LogP contribution is -2.23. The Morgan fingerprint density at radius 1 is 1.44 bits per heavy atom. The standard InChI is InChI=1S/C7H12IN/c8-4-5-3-6-1-2-7(5)9-6/h5-7,9H,1-4H2/t5-,6+,7-/m0/s1. The van der Waals surface area contributed by atoms with Gasteiger partial charge in [-0.15, -0.1) is 0 Å². The molecule has 0 aromatic carbocycles. The predicted molar refractivity (Wildman–Crippen MR) is 46.9 cm³/mol. The first kappa shape index (κ1) is 6.40. The van der Waals surface area contributed by atoms with Crippen LogP contribution in [0.4, 0.5) is 0 Å². The average Bonchev–Trinajstić information content (AvgIpc) is 2.45. The zero-order valence-electron chi connectivity index (χ0n) is 5.44. The van der Waals surface area contributed by atoms with Crippen LogP contribution in [0.25, 0.3) is 0 Å². The molecule has 0 aromatic rings. The largest absolute Gasteiger partial charge is 0.311 e. The highest BCUT2D eigenvalue weighted by Crippen LogP contribution is 2.33. The van der Waals surface area contributed by atoms with Gasteiger partial charge in [0, 0.05) is 16.5 Å². The topological polar surface area (TPSA) is 12.0 Å². The molecule has 2 aliphatic rings. The molecule has 1 N–H and O–H groups in total. The van der Waals surface area contributed by atoms with E-state index >= 15 is 0 Å². The number of hydrogen-bond donors (Lipinski definition) is 1. The predicted octanol–water partition coefficient (Wildman–Crippen LogP) is 1.56. The van der Waals surface area contributed by atoms with Crippen LogP contribution in [0.5, 0.6) is 0 Å². The highest BCUT2D eigenvalue weighted by molar-refractivity contribution is 14.1. The number of rotatable bonds is 1. The quantitative estimate of drug-likeness (QED) is 0.539. The summed E-state index contributed by atoms with van der Waals surface area (Å²) in [6.07, 6.45) is 4.34. The lowest BCUT2D eigenvalue weighted by Gasteiger charge is -2.16. The molecular formula is C7H12IN. The van der Waals surface area contributed by atoms with Crippen molar-refractivity contribution in [1.29, 1.82) is 0 Å². The maximum atomic E-state index is 3.62. The first-order valence-corrected chi connectivity index (χ1v) is 5.24. The Morgan fingerprint density at radius 2 is 2.33 bits per heavy atom. The minimum Gasteiger partial charge on any atom is -0.311 e. The fourth-order valence-corrected chi connectivity index (χ4v) is 3.08. The molecule has 0 amide bonds. The second-order valence-corrected chi connectivity index (χ2v) is 4.08. The van der Waals surface area contributed by atoms with Gasteiger partial charge in [0.15, 0.2) is 0 Å². The fraction of sp³-hybridized carbons (Fsp3) is 1.00. The number of halogens is 1. The fourth-order valence-electron chi connectivity index (χ4n) is 2.11. The van der Waals surface area contributed by atoms with Crippen LogP contribution in [0.2, 0.25) is 0 Å². The summed E-state index contributed by atoms with van der Waals surface area (Å²) >= 11 is 2.51. The van der Waals surface area contributed by atoms with Gasteiger partial charge in [-0.25, -0.2) is 0 Å². The van der Waals surface area contributed by atoms with Crippen molar-refractivity contribution in [2.24, 2.45) is 5.92 Å². The van der Waals surface area contributed by atoms with E-state index in [0.29, 0.717) is 0 Å². The van der Waals surface area contributed by atoms with Crippen molar-refractivity contribution in [3.63, 3.8) is 0 Å². The van der Waals surface area contributed by atoms with E-state index in [0.717, 1.165) is 18.0 Å². The highest BCUT2D eigenvalue weighted by atomic mass is 127. The first-order valence-electron chi connectivity index (χ1n) is 3.72. The van der Waals surface area contributed by atoms with Gasteiger partial charge in [-0.05, 0) is 25.2 Å². The van der Waals surface area contributed by atoms with Gasteiger partial charge in [0.2, 0.25) is 0 Å². The molecule has 0 radical (unpaired) electrons. The van der Waals surface area contributed by atoms with Crippen LogP contribution >= 0.6 is 22.6 Å². The van der Waals surface area contributed by atoms with Crippen LogP contribution in [-0.4, -0.2) is 16.5 Å². The van der Waals surface area contributed by atoms with Crippen LogP contribution in [0, 0.1) is 5.92 Å². The van der Waals surface area contributed by atoms with E-state index < -0.39 is 0 Å². The molecule has 2 bridgehead atoms. The van der Waals surface area contributed by atoms with E-state index in [1.807, 2.05) is 0 Å². The maximum absolute atomic E-state index is 3.62. The van der Waals surface area contributed by atoms with Gasteiger partial charge in [0.25, 0.3) is 0 Å². The van der Waals surface area contributed by atoms with Gasteiger partial charge in [-0.2, -0.15) is 0 Å². The summed E-state index contributed by atoms with van der Waals surface area (Å²) in [7, 11) is 0. The van der Waals surface area contributed by atoms with Crippen LogP contribution in [0.1, 0.15) is 19.3 Å². The summed E-state index contributed by atoms with van der Waals surface area (Å²) in [5.41, 5.74) is 0. The monoisotopic (exact) mass is 237 g/mol. The molecule has 2 aliphatic heterocycles. The van der Waals surface area contributed by atoms with E-state index in [9.17, 15) is 0 Å². The molecule has 2 fully saturated rings. The Balaban J connectivity index is 2.01. The van der Waals surface area contributed by atoms with Crippen molar-refractivity contribution < 1.29 is 0 Å². The Kier molecular flexibility index (Phi) is 1.69. The van der Waals surface area contributed by atoms with Crippen molar-refractivity contribution in [2.45, 2.75) is 31.3 Å². The summed E-state index contributed by atoms with van der Waals surface area (Å²) in [5.74, 6) is 1.00. The highest BCUT2D eigenvalue weighted by Gasteiger charge is 2.37. The Hall–Kier alpha value is 0.690. The zero-order valence-corrected chi connectivity index (χ0v) is 7.60. The maximum Gasteiger partial charge on any atom is 0.0106 e. The van der Waals surface area contributed by atoms with Gasteiger partial charge in [0.05, 0.1) is 0 Å². The Morgan fingerprint density at radius 3 is 2.67 bits per heavy atom. The van der Waals surface area contributed by atoms with E-state index in [2.05, 4.69) is 27.9 Å². The SMILES string of the molecule is IC[C@@H]1C[C@H]2CC[C@@H]1N2. The van der Waals surface area contributed by atoms with E-state index in [-0.39, 0.29) is 0 Å². The summed E-state index contributed by atoms with van der Waals surface area (Å²) in [6.45, 7) is 0. The third-order valence-electron chi connectivity index (χ3n) is 2.63. The van der Waals surface area contributed by atoms with Crippen molar-refractivity contribution in [1.82, 2.24) is 5.32 Å².